The van der Waals surface area contributed by atoms with E-state index >= 15 is 0 Å². The summed E-state index contributed by atoms with van der Waals surface area (Å²) in [5.41, 5.74) is 8.31. The van der Waals surface area contributed by atoms with E-state index in [0.717, 1.165) is 37.4 Å². The molecule has 0 saturated heterocycles. The summed E-state index contributed by atoms with van der Waals surface area (Å²) in [7, 11) is 0. The van der Waals surface area contributed by atoms with Crippen LogP contribution in [-0.2, 0) is 11.3 Å². The lowest BCUT2D eigenvalue weighted by Crippen LogP contribution is -2.33. The Hall–Kier alpha value is -1.71. The quantitative estimate of drug-likeness (QED) is 0.905. The third kappa shape index (κ3) is 3.00. The van der Waals surface area contributed by atoms with E-state index in [2.05, 4.69) is 30.7 Å². The van der Waals surface area contributed by atoms with Crippen molar-refractivity contribution >= 4 is 5.82 Å². The van der Waals surface area contributed by atoms with E-state index in [1.54, 1.807) is 6.20 Å². The van der Waals surface area contributed by atoms with Gasteiger partial charge in [-0.05, 0) is 12.5 Å². The van der Waals surface area contributed by atoms with Crippen molar-refractivity contribution < 1.29 is 4.74 Å². The molecule has 2 heterocycles. The van der Waals surface area contributed by atoms with E-state index in [0.29, 0.717) is 11.7 Å². The second-order valence-electron chi connectivity index (χ2n) is 5.14. The van der Waals surface area contributed by atoms with Crippen LogP contribution in [0.5, 0.6) is 0 Å². The monoisotopic (exact) mass is 261 g/mol. The van der Waals surface area contributed by atoms with Gasteiger partial charge < -0.3 is 15.4 Å². The molecule has 0 spiro atoms. The molecule has 0 aromatic carbocycles. The molecule has 0 radical (unpaired) electrons. The fraction of sp³-hybridized carbons (Fsp3) is 0.533. The minimum absolute atomic E-state index is 0.420. The van der Waals surface area contributed by atoms with Gasteiger partial charge in [0.1, 0.15) is 18.2 Å². The molecule has 2 N–H and O–H groups in total. The summed E-state index contributed by atoms with van der Waals surface area (Å²) in [5.74, 6) is 2.16. The zero-order valence-corrected chi connectivity index (χ0v) is 12.0. The third-order valence-corrected chi connectivity index (χ3v) is 3.43. The first kappa shape index (κ1) is 13.7. The zero-order chi connectivity index (χ0) is 13.8. The summed E-state index contributed by atoms with van der Waals surface area (Å²) >= 11 is 0. The molecule has 4 nitrogen and oxygen atoms in total. The molecule has 0 saturated carbocycles. The van der Waals surface area contributed by atoms with E-state index in [1.807, 2.05) is 12.1 Å². The van der Waals surface area contributed by atoms with Gasteiger partial charge in [-0.3, -0.25) is 0 Å². The molecule has 0 amide bonds. The van der Waals surface area contributed by atoms with Gasteiger partial charge >= 0.3 is 0 Å². The molecule has 19 heavy (non-hydrogen) atoms. The van der Waals surface area contributed by atoms with Crippen LogP contribution in [0.1, 0.15) is 32.8 Å². The van der Waals surface area contributed by atoms with E-state index in [9.17, 15) is 0 Å². The Morgan fingerprint density at radius 3 is 2.89 bits per heavy atom. The maximum atomic E-state index is 5.93. The van der Waals surface area contributed by atoms with Crippen LogP contribution in [0.4, 0.5) is 5.82 Å². The van der Waals surface area contributed by atoms with Crippen molar-refractivity contribution in [2.75, 3.05) is 18.9 Å². The van der Waals surface area contributed by atoms with Crippen LogP contribution in [0, 0.1) is 5.92 Å². The first-order chi connectivity index (χ1) is 9.13. The Labute approximate surface area is 115 Å². The van der Waals surface area contributed by atoms with E-state index in [1.165, 1.54) is 5.70 Å². The molecule has 104 valence electrons. The molecule has 4 heteroatoms. The Bertz CT molecular complexity index is 468. The van der Waals surface area contributed by atoms with Crippen LogP contribution in [-0.4, -0.2) is 23.0 Å². The molecule has 0 unspecified atom stereocenters. The summed E-state index contributed by atoms with van der Waals surface area (Å²) in [6.45, 7) is 8.99. The largest absolute Gasteiger partial charge is 0.494 e. The fourth-order valence-corrected chi connectivity index (χ4v) is 2.50. The lowest BCUT2D eigenvalue weighted by Gasteiger charge is -2.35. The summed E-state index contributed by atoms with van der Waals surface area (Å²) in [4.78, 5) is 6.52. The molecule has 1 aliphatic rings. The van der Waals surface area contributed by atoms with Gasteiger partial charge in [-0.25, -0.2) is 4.98 Å². The first-order valence-corrected chi connectivity index (χ1v) is 6.93. The van der Waals surface area contributed by atoms with Crippen LogP contribution in [0.25, 0.3) is 0 Å². The number of hydrogen-bond donors (Lipinski definition) is 1. The minimum Gasteiger partial charge on any atom is -0.494 e. The van der Waals surface area contributed by atoms with Crippen molar-refractivity contribution in [1.29, 1.82) is 0 Å². The molecule has 0 fully saturated rings. The van der Waals surface area contributed by atoms with Crippen LogP contribution in [0.3, 0.4) is 0 Å². The van der Waals surface area contributed by atoms with Crippen molar-refractivity contribution in [2.24, 2.45) is 5.92 Å². The van der Waals surface area contributed by atoms with Gasteiger partial charge in [0.2, 0.25) is 0 Å². The number of allylic oxidation sites excluding steroid dienone is 2. The lowest BCUT2D eigenvalue weighted by atomic mass is 10.1. The molecule has 0 bridgehead atoms. The molecule has 1 aromatic heterocycles. The van der Waals surface area contributed by atoms with Crippen molar-refractivity contribution in [2.45, 2.75) is 33.7 Å². The lowest BCUT2D eigenvalue weighted by molar-refractivity contribution is 0.103. The molecule has 1 aliphatic heterocycles. The average molecular weight is 261 g/mol. The molecule has 2 rings (SSSR count). The van der Waals surface area contributed by atoms with E-state index < -0.39 is 0 Å². The molecule has 0 aliphatic carbocycles. The average Bonchev–Trinajstić information content (AvgIpc) is 2.41. The Morgan fingerprint density at radius 1 is 1.47 bits per heavy atom. The summed E-state index contributed by atoms with van der Waals surface area (Å²) in [6.07, 6.45) is 2.71. The smallest absolute Gasteiger partial charge is 0.128 e. The molecule has 0 atom stereocenters. The van der Waals surface area contributed by atoms with Crippen LogP contribution in [0.2, 0.25) is 0 Å². The number of rotatable bonds is 4. The maximum Gasteiger partial charge on any atom is 0.128 e. The second-order valence-corrected chi connectivity index (χ2v) is 5.14. The normalized spacial score (nSPS) is 15.9. The maximum absolute atomic E-state index is 5.93. The minimum atomic E-state index is 0.420. The number of nitrogens with zero attached hydrogens (tertiary/aromatic N) is 2. The Balaban J connectivity index is 2.24. The van der Waals surface area contributed by atoms with Crippen LogP contribution >= 0.6 is 0 Å². The van der Waals surface area contributed by atoms with E-state index in [4.69, 9.17) is 10.5 Å². The van der Waals surface area contributed by atoms with Gasteiger partial charge in [0, 0.05) is 24.2 Å². The molecule has 1 aromatic rings. The highest BCUT2D eigenvalue weighted by molar-refractivity contribution is 5.38. The van der Waals surface area contributed by atoms with Gasteiger partial charge in [0.05, 0.1) is 12.2 Å². The fourth-order valence-electron chi connectivity index (χ4n) is 2.50. The predicted octanol–water partition coefficient (Wildman–Crippen LogP) is 2.77. The van der Waals surface area contributed by atoms with Crippen molar-refractivity contribution in [3.63, 3.8) is 0 Å². The van der Waals surface area contributed by atoms with Gasteiger partial charge in [-0.2, -0.15) is 0 Å². The van der Waals surface area contributed by atoms with E-state index in [-0.39, 0.29) is 0 Å². The van der Waals surface area contributed by atoms with Gasteiger partial charge in [0.25, 0.3) is 0 Å². The van der Waals surface area contributed by atoms with Gasteiger partial charge in [-0.15, -0.1) is 0 Å². The van der Waals surface area contributed by atoms with Gasteiger partial charge in [0.15, 0.2) is 0 Å². The van der Waals surface area contributed by atoms with Crippen LogP contribution < -0.4 is 5.73 Å². The zero-order valence-electron chi connectivity index (χ0n) is 12.0. The number of aromatic nitrogens is 1. The second kappa shape index (κ2) is 5.95. The Kier molecular flexibility index (Phi) is 4.30. The van der Waals surface area contributed by atoms with Crippen LogP contribution in [0.15, 0.2) is 29.8 Å². The number of nitrogen functional groups attached to an aromatic ring is 1. The molecular weight excluding hydrogens is 238 g/mol. The SMILES string of the molecule is CCC1=C(C(C)C)OCCN1Cc1cccnc1N. The van der Waals surface area contributed by atoms with Crippen molar-refractivity contribution in [3.8, 4) is 0 Å². The number of nitrogens with two attached hydrogens (primary N) is 1. The van der Waals surface area contributed by atoms with Crippen molar-refractivity contribution in [3.05, 3.63) is 35.3 Å². The summed E-state index contributed by atoms with van der Waals surface area (Å²) in [5, 5.41) is 0. The predicted molar refractivity (Wildman–Crippen MR) is 77.2 cm³/mol. The highest BCUT2D eigenvalue weighted by Gasteiger charge is 2.22. The number of anilines is 1. The summed E-state index contributed by atoms with van der Waals surface area (Å²) in [6, 6.07) is 3.98. The number of ether oxygens (including phenoxy) is 1. The number of hydrogen-bond acceptors (Lipinski definition) is 4. The van der Waals surface area contributed by atoms with Gasteiger partial charge in [-0.1, -0.05) is 26.8 Å². The molecular formula is C15H23N3O. The van der Waals surface area contributed by atoms with Crippen molar-refractivity contribution in [1.82, 2.24) is 9.88 Å². The standard InChI is InChI=1S/C15H23N3O/c1-4-13-14(11(2)3)19-9-8-18(13)10-12-6-5-7-17-15(12)16/h5-7,11H,4,8-10H2,1-3H3,(H2,16,17). The highest BCUT2D eigenvalue weighted by atomic mass is 16.5. The first-order valence-electron chi connectivity index (χ1n) is 6.93. The Morgan fingerprint density at radius 2 is 2.26 bits per heavy atom. The highest BCUT2D eigenvalue weighted by Crippen LogP contribution is 2.27. The number of pyridine rings is 1. The third-order valence-electron chi connectivity index (χ3n) is 3.43. The topological polar surface area (TPSA) is 51.4 Å². The summed E-state index contributed by atoms with van der Waals surface area (Å²) < 4.78 is 5.83.